The lowest BCUT2D eigenvalue weighted by atomic mass is 9.91. The van der Waals surface area contributed by atoms with Crippen molar-refractivity contribution in [2.24, 2.45) is 13.0 Å². The number of aliphatic hydroxyl groups excluding tert-OH is 1. The molecular weight excluding hydrogens is 673 g/mol. The first-order valence-electron chi connectivity index (χ1n) is 16.2. The number of ether oxygens (including phenoxy) is 2. The first kappa shape index (κ1) is 35.5. The highest BCUT2D eigenvalue weighted by Crippen LogP contribution is 2.43. The zero-order valence-corrected chi connectivity index (χ0v) is 28.2. The fraction of sp³-hybridized carbons (Fsp3) is 0.400. The first-order valence-corrected chi connectivity index (χ1v) is 17.2. The topological polar surface area (TPSA) is 132 Å². The normalized spacial score (nSPS) is 22.4. The minimum absolute atomic E-state index is 0.0297. The summed E-state index contributed by atoms with van der Waals surface area (Å²) in [5.41, 5.74) is 5.05. The summed E-state index contributed by atoms with van der Waals surface area (Å²) in [5.74, 6) is -2.05. The number of halogens is 3. The van der Waals surface area contributed by atoms with Gasteiger partial charge < -0.3 is 24.8 Å². The number of nitrogens with one attached hydrogen (secondary N) is 1. The Hall–Kier alpha value is -4.31. The highest BCUT2D eigenvalue weighted by atomic mass is 32.2. The Balaban J connectivity index is 1.18. The molecule has 6 rings (SSSR count). The number of rotatable bonds is 10. The van der Waals surface area contributed by atoms with Gasteiger partial charge in [-0.15, -0.1) is 5.10 Å². The Kier molecular flexibility index (Phi) is 10.9. The number of carbonyl (C=O) groups excluding carboxylic acids is 2. The molecule has 3 aromatic carbocycles. The summed E-state index contributed by atoms with van der Waals surface area (Å²) in [6.45, 7) is 2.01. The van der Waals surface area contributed by atoms with Gasteiger partial charge in [0.25, 0.3) is 0 Å². The molecule has 2 saturated heterocycles. The van der Waals surface area contributed by atoms with Crippen molar-refractivity contribution in [3.05, 3.63) is 95.1 Å². The number of tetrazole rings is 1. The van der Waals surface area contributed by atoms with Crippen LogP contribution in [0.4, 0.5) is 13.2 Å². The molecule has 5 atom stereocenters. The number of carbonyl (C=O) groups is 2. The van der Waals surface area contributed by atoms with Crippen molar-refractivity contribution in [3.63, 3.8) is 0 Å². The molecule has 11 nitrogen and oxygen atoms in total. The maximum absolute atomic E-state index is 13.0. The molecule has 2 N–H and O–H groups in total. The number of aliphatic hydroxyl groups is 1. The van der Waals surface area contributed by atoms with E-state index in [-0.39, 0.29) is 44.2 Å². The average Bonchev–Trinajstić information content (AvgIpc) is 3.79. The van der Waals surface area contributed by atoms with E-state index in [4.69, 9.17) is 9.47 Å². The zero-order chi connectivity index (χ0) is 35.4. The molecule has 2 amide bonds. The number of aryl methyl sites for hydroxylation is 1. The van der Waals surface area contributed by atoms with E-state index >= 15 is 0 Å². The molecular formula is C35H37F3N6O5S. The predicted molar refractivity (Wildman–Crippen MR) is 177 cm³/mol. The number of likely N-dealkylation sites (tertiary alicyclic amines) is 1. The van der Waals surface area contributed by atoms with Gasteiger partial charge in [0.15, 0.2) is 6.29 Å². The fourth-order valence-corrected chi connectivity index (χ4v) is 7.30. The Bertz CT molecular complexity index is 1810. The van der Waals surface area contributed by atoms with Crippen molar-refractivity contribution in [1.82, 2.24) is 30.4 Å². The second kappa shape index (κ2) is 15.3. The number of aromatic nitrogens is 4. The van der Waals surface area contributed by atoms with E-state index < -0.39 is 30.3 Å². The molecule has 0 aliphatic carbocycles. The first-order chi connectivity index (χ1) is 24.0. The number of alkyl halides is 3. The van der Waals surface area contributed by atoms with E-state index in [1.807, 2.05) is 72.8 Å². The zero-order valence-electron chi connectivity index (χ0n) is 27.4. The van der Waals surface area contributed by atoms with Crippen molar-refractivity contribution in [2.45, 2.75) is 68.8 Å². The van der Waals surface area contributed by atoms with Gasteiger partial charge >= 0.3 is 12.1 Å². The van der Waals surface area contributed by atoms with Crippen LogP contribution in [0.25, 0.3) is 11.1 Å². The maximum atomic E-state index is 13.0. The van der Waals surface area contributed by atoms with Crippen LogP contribution in [0.2, 0.25) is 0 Å². The quantitative estimate of drug-likeness (QED) is 0.215. The second-order valence-electron chi connectivity index (χ2n) is 12.4. The van der Waals surface area contributed by atoms with E-state index in [9.17, 15) is 27.9 Å². The maximum Gasteiger partial charge on any atom is 0.471 e. The molecule has 2 fully saturated rings. The van der Waals surface area contributed by atoms with Gasteiger partial charge in [0.05, 0.1) is 18.8 Å². The van der Waals surface area contributed by atoms with Gasteiger partial charge in [0.1, 0.15) is 6.04 Å². The molecule has 0 unspecified atom stereocenters. The van der Waals surface area contributed by atoms with Crippen LogP contribution in [0.1, 0.15) is 54.4 Å². The van der Waals surface area contributed by atoms with Gasteiger partial charge in [0, 0.05) is 37.4 Å². The lowest BCUT2D eigenvalue weighted by Crippen LogP contribution is -2.50. The lowest BCUT2D eigenvalue weighted by molar-refractivity contribution is -0.268. The van der Waals surface area contributed by atoms with Crippen LogP contribution in [0, 0.1) is 5.92 Å². The number of thioether (sulfide) groups is 1. The van der Waals surface area contributed by atoms with Crippen molar-refractivity contribution >= 4 is 23.6 Å². The van der Waals surface area contributed by atoms with Crippen LogP contribution in [0.15, 0.2) is 78.0 Å². The molecule has 15 heteroatoms. The van der Waals surface area contributed by atoms with Crippen molar-refractivity contribution in [1.29, 1.82) is 0 Å². The van der Waals surface area contributed by atoms with Crippen LogP contribution >= 0.6 is 11.8 Å². The molecule has 0 saturated carbocycles. The van der Waals surface area contributed by atoms with Crippen LogP contribution in [-0.2, 0) is 39.3 Å². The van der Waals surface area contributed by atoms with Gasteiger partial charge in [-0.25, -0.2) is 4.68 Å². The number of benzene rings is 3. The van der Waals surface area contributed by atoms with Gasteiger partial charge in [0.2, 0.25) is 11.1 Å². The smallest absolute Gasteiger partial charge is 0.392 e. The van der Waals surface area contributed by atoms with Crippen LogP contribution in [0.3, 0.4) is 0 Å². The van der Waals surface area contributed by atoms with Gasteiger partial charge in [-0.05, 0) is 63.2 Å². The summed E-state index contributed by atoms with van der Waals surface area (Å²) in [4.78, 5) is 25.3. The number of hydrogen-bond acceptors (Lipinski definition) is 9. The predicted octanol–water partition coefficient (Wildman–Crippen LogP) is 5.12. The average molecular weight is 711 g/mol. The standard InChI is InChI=1S/C35H37F3N6O5S/c1-21-29(20-50-34-40-41-42-43(34)2)48-32(49-30(21)24-13-11-22(19-45)12-14-24)27-9-4-8-26(17-27)25-7-3-6-23(16-25)18-39-31(46)28-10-5-15-44(28)33(47)35(36,37)38/h3-4,6-9,11-14,16-17,21,28-30,32,45H,5,10,15,18-20H2,1-2H3,(H,39,46)/t21-,28+,29+,30+,32+/m1/s1. The van der Waals surface area contributed by atoms with Crippen molar-refractivity contribution < 1.29 is 37.3 Å². The third-order valence-corrected chi connectivity index (χ3v) is 10.1. The van der Waals surface area contributed by atoms with E-state index in [1.165, 1.54) is 11.8 Å². The van der Waals surface area contributed by atoms with Gasteiger partial charge in [-0.2, -0.15) is 13.2 Å². The lowest BCUT2D eigenvalue weighted by Gasteiger charge is -2.41. The van der Waals surface area contributed by atoms with Crippen LogP contribution in [-0.4, -0.2) is 72.6 Å². The number of nitrogens with zero attached hydrogens (tertiary/aromatic N) is 5. The molecule has 2 aliphatic heterocycles. The monoisotopic (exact) mass is 710 g/mol. The summed E-state index contributed by atoms with van der Waals surface area (Å²) in [5, 5.41) is 24.7. The highest BCUT2D eigenvalue weighted by Gasteiger charge is 2.47. The van der Waals surface area contributed by atoms with Crippen molar-refractivity contribution in [2.75, 3.05) is 12.3 Å². The summed E-state index contributed by atoms with van der Waals surface area (Å²) in [6.07, 6.45) is -5.75. The summed E-state index contributed by atoms with van der Waals surface area (Å²) in [6, 6.07) is 21.8. The van der Waals surface area contributed by atoms with Gasteiger partial charge in [-0.3, -0.25) is 9.59 Å². The summed E-state index contributed by atoms with van der Waals surface area (Å²) in [7, 11) is 1.78. The Morgan fingerprint density at radius 1 is 1.00 bits per heavy atom. The van der Waals surface area contributed by atoms with Crippen LogP contribution in [0.5, 0.6) is 0 Å². The SMILES string of the molecule is C[C@@H]1[C@H](CSc2nnnn2C)O[C@H](c2cccc(-c3cccc(CNC(=O)[C@@H]4CCCN4C(=O)C(F)(F)F)c3)c2)O[C@@H]1c1ccc(CO)cc1. The molecule has 4 aromatic rings. The third kappa shape index (κ3) is 8.01. The Morgan fingerprint density at radius 3 is 2.44 bits per heavy atom. The van der Waals surface area contributed by atoms with E-state index in [0.29, 0.717) is 22.2 Å². The summed E-state index contributed by atoms with van der Waals surface area (Å²) < 4.78 is 54.0. The molecule has 0 spiro atoms. The molecule has 0 radical (unpaired) electrons. The van der Waals surface area contributed by atoms with E-state index in [2.05, 4.69) is 27.8 Å². The van der Waals surface area contributed by atoms with Gasteiger partial charge in [-0.1, -0.05) is 79.3 Å². The Labute approximate surface area is 291 Å². The van der Waals surface area contributed by atoms with E-state index in [1.54, 1.807) is 11.7 Å². The highest BCUT2D eigenvalue weighted by molar-refractivity contribution is 7.99. The Morgan fingerprint density at radius 2 is 1.74 bits per heavy atom. The van der Waals surface area contributed by atoms with Crippen molar-refractivity contribution in [3.8, 4) is 11.1 Å². The molecule has 264 valence electrons. The number of hydrogen-bond donors (Lipinski definition) is 2. The molecule has 0 bridgehead atoms. The number of amides is 2. The largest absolute Gasteiger partial charge is 0.471 e. The molecule has 1 aromatic heterocycles. The third-order valence-electron chi connectivity index (χ3n) is 9.03. The molecule has 50 heavy (non-hydrogen) atoms. The van der Waals surface area contributed by atoms with E-state index in [0.717, 1.165) is 33.4 Å². The second-order valence-corrected chi connectivity index (χ2v) is 13.4. The molecule has 3 heterocycles. The summed E-state index contributed by atoms with van der Waals surface area (Å²) >= 11 is 1.50. The van der Waals surface area contributed by atoms with Crippen LogP contribution < -0.4 is 5.32 Å². The fourth-order valence-electron chi connectivity index (χ4n) is 6.29. The molecule has 2 aliphatic rings. The minimum atomic E-state index is -5.03. The minimum Gasteiger partial charge on any atom is -0.392 e.